The van der Waals surface area contributed by atoms with E-state index in [1.165, 1.54) is 0 Å². The van der Waals surface area contributed by atoms with Gasteiger partial charge in [-0.05, 0) is 18.9 Å². The van der Waals surface area contributed by atoms with Gasteiger partial charge in [0.15, 0.2) is 5.78 Å². The SMILES string of the molecule is [2H][C@@H](C)c1ccc(C(C)=O)cc1. The molecule has 58 valence electrons. The number of carbonyl (C=O) groups is 1. The highest BCUT2D eigenvalue weighted by Gasteiger charge is 1.96. The van der Waals surface area contributed by atoms with Crippen molar-refractivity contribution >= 4 is 5.78 Å². The topological polar surface area (TPSA) is 17.1 Å². The average molecular weight is 149 g/mol. The predicted molar refractivity (Wildman–Crippen MR) is 45.8 cm³/mol. The molecule has 0 spiro atoms. The third-order valence-electron chi connectivity index (χ3n) is 1.65. The Hall–Kier alpha value is -1.11. The largest absolute Gasteiger partial charge is 0.295 e. The summed E-state index contributed by atoms with van der Waals surface area (Å²) < 4.78 is 7.41. The Balaban J connectivity index is 2.93. The molecule has 1 rings (SSSR count). The van der Waals surface area contributed by atoms with Gasteiger partial charge in [-0.3, -0.25) is 4.79 Å². The molecular weight excluding hydrogens is 136 g/mol. The monoisotopic (exact) mass is 149 g/mol. The molecule has 1 atom stereocenters. The fourth-order valence-corrected chi connectivity index (χ4v) is 0.910. The van der Waals surface area contributed by atoms with E-state index in [0.29, 0.717) is 5.56 Å². The van der Waals surface area contributed by atoms with Crippen LogP contribution in [0.4, 0.5) is 0 Å². The zero-order chi connectivity index (χ0) is 9.14. The highest BCUT2D eigenvalue weighted by atomic mass is 16.1. The number of carbonyl (C=O) groups excluding carboxylic acids is 1. The normalized spacial score (nSPS) is 13.8. The number of hydrogen-bond acceptors (Lipinski definition) is 1. The Morgan fingerprint density at radius 1 is 1.45 bits per heavy atom. The van der Waals surface area contributed by atoms with Crippen LogP contribution in [0.3, 0.4) is 0 Å². The summed E-state index contributed by atoms with van der Waals surface area (Å²) in [6.07, 6.45) is -0.217. The molecule has 11 heavy (non-hydrogen) atoms. The highest BCUT2D eigenvalue weighted by molar-refractivity contribution is 5.93. The van der Waals surface area contributed by atoms with Gasteiger partial charge in [-0.15, -0.1) is 0 Å². The Morgan fingerprint density at radius 3 is 2.36 bits per heavy atom. The molecule has 0 fully saturated rings. The fraction of sp³-hybridized carbons (Fsp3) is 0.300. The summed E-state index contributed by atoms with van der Waals surface area (Å²) in [5, 5.41) is 0. The van der Waals surface area contributed by atoms with Gasteiger partial charge in [0, 0.05) is 6.93 Å². The van der Waals surface area contributed by atoms with Crippen molar-refractivity contribution < 1.29 is 6.17 Å². The van der Waals surface area contributed by atoms with E-state index in [4.69, 9.17) is 1.37 Å². The molecule has 0 amide bonds. The van der Waals surface area contributed by atoms with Crippen molar-refractivity contribution in [2.75, 3.05) is 0 Å². The lowest BCUT2D eigenvalue weighted by molar-refractivity contribution is 0.101. The Kier molecular flexibility index (Phi) is 2.00. The van der Waals surface area contributed by atoms with E-state index in [1.807, 2.05) is 19.1 Å². The van der Waals surface area contributed by atoms with Crippen molar-refractivity contribution in [3.05, 3.63) is 35.4 Å². The summed E-state index contributed by atoms with van der Waals surface area (Å²) in [5.74, 6) is 0.0687. The van der Waals surface area contributed by atoms with Gasteiger partial charge in [-0.25, -0.2) is 0 Å². The van der Waals surface area contributed by atoms with E-state index >= 15 is 0 Å². The van der Waals surface area contributed by atoms with Gasteiger partial charge in [0.2, 0.25) is 0 Å². The molecule has 0 aromatic heterocycles. The van der Waals surface area contributed by atoms with Crippen molar-refractivity contribution in [2.24, 2.45) is 0 Å². The third kappa shape index (κ3) is 1.90. The van der Waals surface area contributed by atoms with Crippen LogP contribution in [0.1, 0.15) is 31.1 Å². The van der Waals surface area contributed by atoms with Crippen LogP contribution < -0.4 is 0 Å². The Labute approximate surface area is 68.5 Å². The molecule has 0 aliphatic rings. The van der Waals surface area contributed by atoms with Crippen molar-refractivity contribution in [3.63, 3.8) is 0 Å². The molecule has 0 bridgehead atoms. The molecule has 0 radical (unpaired) electrons. The van der Waals surface area contributed by atoms with Crippen molar-refractivity contribution in [3.8, 4) is 0 Å². The van der Waals surface area contributed by atoms with Gasteiger partial charge in [0.05, 0.1) is 0 Å². The molecule has 0 aliphatic heterocycles. The molecular formula is C10H12O. The molecule has 0 saturated heterocycles. The lowest BCUT2D eigenvalue weighted by Crippen LogP contribution is -1.91. The fourth-order valence-electron chi connectivity index (χ4n) is 0.910. The maximum Gasteiger partial charge on any atom is 0.159 e. The van der Waals surface area contributed by atoms with E-state index in [1.54, 1.807) is 19.1 Å². The van der Waals surface area contributed by atoms with Gasteiger partial charge in [0.1, 0.15) is 0 Å². The number of rotatable bonds is 2. The molecule has 0 N–H and O–H groups in total. The van der Waals surface area contributed by atoms with E-state index in [0.717, 1.165) is 5.56 Å². The second-order valence-corrected chi connectivity index (χ2v) is 2.47. The van der Waals surface area contributed by atoms with E-state index in [9.17, 15) is 4.79 Å². The summed E-state index contributed by atoms with van der Waals surface area (Å²) in [6.45, 7) is 3.35. The van der Waals surface area contributed by atoms with Gasteiger partial charge in [-0.1, -0.05) is 31.2 Å². The molecule has 1 aromatic rings. The molecule has 1 heteroatoms. The van der Waals surface area contributed by atoms with E-state index in [2.05, 4.69) is 0 Å². The minimum absolute atomic E-state index is 0.0687. The zero-order valence-electron chi connectivity index (χ0n) is 7.79. The van der Waals surface area contributed by atoms with Gasteiger partial charge >= 0.3 is 0 Å². The van der Waals surface area contributed by atoms with Crippen molar-refractivity contribution in [1.82, 2.24) is 0 Å². The molecule has 1 nitrogen and oxygen atoms in total. The maximum absolute atomic E-state index is 10.9. The highest BCUT2D eigenvalue weighted by Crippen LogP contribution is 2.04. The van der Waals surface area contributed by atoms with Gasteiger partial charge in [-0.2, -0.15) is 0 Å². The number of benzene rings is 1. The smallest absolute Gasteiger partial charge is 0.159 e. The first kappa shape index (κ1) is 6.59. The van der Waals surface area contributed by atoms with Crippen LogP contribution in [-0.4, -0.2) is 5.78 Å². The second-order valence-electron chi connectivity index (χ2n) is 2.47. The predicted octanol–water partition coefficient (Wildman–Crippen LogP) is 2.45. The Bertz CT molecular complexity index is 274. The summed E-state index contributed by atoms with van der Waals surface area (Å²) in [6, 6.07) is 7.19. The third-order valence-corrected chi connectivity index (χ3v) is 1.65. The van der Waals surface area contributed by atoms with E-state index < -0.39 is 0 Å². The van der Waals surface area contributed by atoms with Crippen LogP contribution in [0, 0.1) is 0 Å². The second kappa shape index (κ2) is 3.33. The quantitative estimate of drug-likeness (QED) is 0.590. The van der Waals surface area contributed by atoms with Gasteiger partial charge < -0.3 is 0 Å². The number of ketones is 1. The summed E-state index contributed by atoms with van der Waals surface area (Å²) in [5.41, 5.74) is 1.65. The number of aryl methyl sites for hydroxylation is 1. The average Bonchev–Trinajstić information content (AvgIpc) is 2.04. The summed E-state index contributed by atoms with van der Waals surface area (Å²) in [4.78, 5) is 10.9. The first-order valence-corrected chi connectivity index (χ1v) is 3.64. The van der Waals surface area contributed by atoms with Crippen LogP contribution in [0.15, 0.2) is 24.3 Å². The molecule has 0 aliphatic carbocycles. The van der Waals surface area contributed by atoms with Crippen LogP contribution in [-0.2, 0) is 6.40 Å². The summed E-state index contributed by atoms with van der Waals surface area (Å²) in [7, 11) is 0. The standard InChI is InChI=1S/C10H12O/c1-3-9-4-6-10(7-5-9)8(2)11/h4-7H,3H2,1-2H3/i3D/t3-/m0/s1. The van der Waals surface area contributed by atoms with Crippen molar-refractivity contribution in [2.45, 2.75) is 20.2 Å². The minimum atomic E-state index is -0.217. The van der Waals surface area contributed by atoms with Crippen LogP contribution in [0.25, 0.3) is 0 Å². The van der Waals surface area contributed by atoms with Crippen LogP contribution >= 0.6 is 0 Å². The minimum Gasteiger partial charge on any atom is -0.295 e. The molecule has 0 saturated carbocycles. The first-order valence-electron chi connectivity index (χ1n) is 4.22. The molecule has 0 unspecified atom stereocenters. The first-order chi connectivity index (χ1) is 5.61. The lowest BCUT2D eigenvalue weighted by atomic mass is 10.1. The van der Waals surface area contributed by atoms with Gasteiger partial charge in [0.25, 0.3) is 0 Å². The van der Waals surface area contributed by atoms with Crippen LogP contribution in [0.5, 0.6) is 0 Å². The molecule has 1 aromatic carbocycles. The zero-order valence-corrected chi connectivity index (χ0v) is 6.79. The van der Waals surface area contributed by atoms with E-state index in [-0.39, 0.29) is 12.2 Å². The van der Waals surface area contributed by atoms with Crippen LogP contribution in [0.2, 0.25) is 0 Å². The molecule has 0 heterocycles. The number of Topliss-reactive ketones (excluding diaryl/α,β-unsaturated/α-hetero) is 1. The number of hydrogen-bond donors (Lipinski definition) is 0. The lowest BCUT2D eigenvalue weighted by Gasteiger charge is -1.97. The van der Waals surface area contributed by atoms with Crippen molar-refractivity contribution in [1.29, 1.82) is 0 Å². The maximum atomic E-state index is 10.9. The summed E-state index contributed by atoms with van der Waals surface area (Å²) >= 11 is 0. The Morgan fingerprint density at radius 2 is 2.00 bits per heavy atom.